The fraction of sp³-hybridized carbons (Fsp3) is 0.636. The standard InChI is InChI=1S/C11H17N3O5S/c12-3-2-11(20)8(17)6(5-15)19-9(11)14-4-1-7(16)13-10(14)18/h1,4,6,8-9,15,17,20H,2-3,5,12H2,(H,13,16,18)/t6-,8-,9-,11-/m1/s1. The second kappa shape index (κ2) is 5.70. The van der Waals surface area contributed by atoms with E-state index < -0.39 is 41.0 Å². The number of nitrogens with two attached hydrogens (primary N) is 1. The smallest absolute Gasteiger partial charge is 0.330 e. The normalized spacial score (nSPS) is 33.5. The number of aromatic nitrogens is 2. The molecule has 0 aromatic carbocycles. The lowest BCUT2D eigenvalue weighted by molar-refractivity contribution is -0.0471. The van der Waals surface area contributed by atoms with E-state index in [1.54, 1.807) is 0 Å². The van der Waals surface area contributed by atoms with E-state index in [1.165, 1.54) is 12.3 Å². The van der Waals surface area contributed by atoms with Gasteiger partial charge in [-0.15, -0.1) is 0 Å². The molecule has 0 bridgehead atoms. The molecule has 0 unspecified atom stereocenters. The minimum absolute atomic E-state index is 0.219. The number of nitrogens with one attached hydrogen (secondary N) is 1. The molecule has 2 rings (SSSR count). The number of hydrogen-bond acceptors (Lipinski definition) is 7. The van der Waals surface area contributed by atoms with Crippen LogP contribution in [0.1, 0.15) is 12.6 Å². The first kappa shape index (κ1) is 15.3. The van der Waals surface area contributed by atoms with Crippen LogP contribution in [0.5, 0.6) is 0 Å². The van der Waals surface area contributed by atoms with Crippen molar-refractivity contribution in [3.05, 3.63) is 33.1 Å². The average Bonchev–Trinajstić information content (AvgIpc) is 2.63. The molecule has 9 heteroatoms. The molecule has 0 saturated carbocycles. The Morgan fingerprint density at radius 2 is 2.25 bits per heavy atom. The minimum atomic E-state index is -1.13. The molecule has 8 nitrogen and oxygen atoms in total. The van der Waals surface area contributed by atoms with Gasteiger partial charge >= 0.3 is 5.69 Å². The van der Waals surface area contributed by atoms with Gasteiger partial charge < -0.3 is 20.7 Å². The third kappa shape index (κ3) is 2.42. The number of aliphatic hydroxyl groups excluding tert-OH is 2. The predicted octanol–water partition coefficient (Wildman–Crippen LogP) is -2.20. The van der Waals surface area contributed by atoms with E-state index in [4.69, 9.17) is 10.5 Å². The van der Waals surface area contributed by atoms with Gasteiger partial charge in [-0.2, -0.15) is 12.6 Å². The van der Waals surface area contributed by atoms with Crippen LogP contribution in [-0.4, -0.2) is 49.9 Å². The van der Waals surface area contributed by atoms with Gasteiger partial charge in [-0.25, -0.2) is 4.79 Å². The maximum Gasteiger partial charge on any atom is 0.330 e. The second-order valence-electron chi connectivity index (χ2n) is 4.70. The summed E-state index contributed by atoms with van der Waals surface area (Å²) in [6, 6.07) is 1.17. The van der Waals surface area contributed by atoms with Gasteiger partial charge in [0.2, 0.25) is 0 Å². The van der Waals surface area contributed by atoms with Crippen molar-refractivity contribution >= 4 is 12.6 Å². The highest BCUT2D eigenvalue weighted by molar-refractivity contribution is 7.82. The molecular formula is C11H17N3O5S. The summed E-state index contributed by atoms with van der Waals surface area (Å²) in [5.41, 5.74) is 4.31. The Morgan fingerprint density at radius 3 is 2.80 bits per heavy atom. The zero-order chi connectivity index (χ0) is 14.9. The first-order valence-corrected chi connectivity index (χ1v) is 6.57. The Hall–Kier alpha value is -1.13. The summed E-state index contributed by atoms with van der Waals surface area (Å²) in [7, 11) is 0. The van der Waals surface area contributed by atoms with E-state index in [0.29, 0.717) is 0 Å². The molecule has 5 N–H and O–H groups in total. The Morgan fingerprint density at radius 1 is 1.55 bits per heavy atom. The lowest BCUT2D eigenvalue weighted by Crippen LogP contribution is -2.46. The molecule has 1 aliphatic rings. The zero-order valence-corrected chi connectivity index (χ0v) is 11.5. The van der Waals surface area contributed by atoms with Crippen LogP contribution in [0, 0.1) is 0 Å². The number of H-pyrrole nitrogens is 1. The van der Waals surface area contributed by atoms with Crippen LogP contribution in [-0.2, 0) is 4.74 Å². The van der Waals surface area contributed by atoms with Crippen LogP contribution in [0.25, 0.3) is 0 Å². The first-order valence-electron chi connectivity index (χ1n) is 6.12. The second-order valence-corrected chi connectivity index (χ2v) is 5.53. The van der Waals surface area contributed by atoms with Crippen molar-refractivity contribution in [2.45, 2.75) is 29.6 Å². The van der Waals surface area contributed by atoms with E-state index in [9.17, 15) is 19.8 Å². The fourth-order valence-corrected chi connectivity index (χ4v) is 2.87. The molecule has 4 atom stereocenters. The van der Waals surface area contributed by atoms with Gasteiger partial charge in [-0.1, -0.05) is 0 Å². The Bertz CT molecular complexity index is 588. The van der Waals surface area contributed by atoms with Crippen molar-refractivity contribution in [1.82, 2.24) is 9.55 Å². The van der Waals surface area contributed by atoms with Crippen LogP contribution < -0.4 is 17.0 Å². The maximum atomic E-state index is 11.8. The molecule has 1 aliphatic heterocycles. The van der Waals surface area contributed by atoms with E-state index in [2.05, 4.69) is 17.6 Å². The van der Waals surface area contributed by atoms with Gasteiger partial charge in [0.05, 0.1) is 11.4 Å². The molecule has 0 spiro atoms. The number of nitrogens with zero attached hydrogens (tertiary/aromatic N) is 1. The van der Waals surface area contributed by atoms with Crippen LogP contribution in [0.15, 0.2) is 21.9 Å². The molecule has 0 amide bonds. The fourth-order valence-electron chi connectivity index (χ4n) is 2.39. The Balaban J connectivity index is 2.47. The average molecular weight is 303 g/mol. The molecule has 20 heavy (non-hydrogen) atoms. The highest BCUT2D eigenvalue weighted by Crippen LogP contribution is 2.44. The summed E-state index contributed by atoms with van der Waals surface area (Å²) >= 11 is 4.43. The highest BCUT2D eigenvalue weighted by Gasteiger charge is 2.54. The van der Waals surface area contributed by atoms with Crippen molar-refractivity contribution in [3.8, 4) is 0 Å². The van der Waals surface area contributed by atoms with Crippen LogP contribution in [0.3, 0.4) is 0 Å². The van der Waals surface area contributed by atoms with E-state index in [0.717, 1.165) is 4.57 Å². The SMILES string of the molecule is NCC[C@@]1(S)[C@H](O)[C@@H](CO)O[C@H]1n1ccc(=O)[nH]c1=O. The lowest BCUT2D eigenvalue weighted by Gasteiger charge is -2.31. The van der Waals surface area contributed by atoms with Crippen LogP contribution in [0.4, 0.5) is 0 Å². The van der Waals surface area contributed by atoms with Crippen LogP contribution >= 0.6 is 12.6 Å². The van der Waals surface area contributed by atoms with Gasteiger partial charge in [0.1, 0.15) is 12.2 Å². The van der Waals surface area contributed by atoms with Crippen LogP contribution in [0.2, 0.25) is 0 Å². The summed E-state index contributed by atoms with van der Waals surface area (Å²) in [6.07, 6.45) is -1.37. The number of hydrogen-bond donors (Lipinski definition) is 5. The molecule has 1 aromatic heterocycles. The summed E-state index contributed by atoms with van der Waals surface area (Å²) in [6.45, 7) is -0.195. The molecule has 1 aromatic rings. The van der Waals surface area contributed by atoms with Gasteiger partial charge in [-0.05, 0) is 13.0 Å². The number of thiol groups is 1. The molecule has 112 valence electrons. The zero-order valence-electron chi connectivity index (χ0n) is 10.6. The van der Waals surface area contributed by atoms with E-state index in [-0.39, 0.29) is 13.0 Å². The highest BCUT2D eigenvalue weighted by atomic mass is 32.1. The number of rotatable bonds is 4. The number of aliphatic hydroxyl groups is 2. The summed E-state index contributed by atoms with van der Waals surface area (Å²) in [4.78, 5) is 25.0. The van der Waals surface area contributed by atoms with Gasteiger partial charge in [-0.3, -0.25) is 14.3 Å². The molecule has 0 aliphatic carbocycles. The maximum absolute atomic E-state index is 11.8. The quantitative estimate of drug-likeness (QED) is 0.401. The summed E-state index contributed by atoms with van der Waals surface area (Å²) in [5.74, 6) is 0. The topological polar surface area (TPSA) is 131 Å². The van der Waals surface area contributed by atoms with Crippen molar-refractivity contribution in [3.63, 3.8) is 0 Å². The molecular weight excluding hydrogens is 286 g/mol. The van der Waals surface area contributed by atoms with E-state index >= 15 is 0 Å². The predicted molar refractivity (Wildman–Crippen MR) is 73.7 cm³/mol. The molecule has 1 saturated heterocycles. The van der Waals surface area contributed by atoms with Crippen molar-refractivity contribution < 1.29 is 14.9 Å². The summed E-state index contributed by atoms with van der Waals surface area (Å²) in [5, 5.41) is 19.4. The van der Waals surface area contributed by atoms with Gasteiger partial charge in [0.15, 0.2) is 6.23 Å². The largest absolute Gasteiger partial charge is 0.394 e. The van der Waals surface area contributed by atoms with Gasteiger partial charge in [0.25, 0.3) is 5.56 Å². The number of ether oxygens (including phenoxy) is 1. The third-order valence-corrected chi connectivity index (χ3v) is 4.13. The third-order valence-electron chi connectivity index (χ3n) is 3.42. The Kier molecular flexibility index (Phi) is 4.35. The first-order chi connectivity index (χ1) is 9.43. The minimum Gasteiger partial charge on any atom is -0.394 e. The monoisotopic (exact) mass is 303 g/mol. The molecule has 2 heterocycles. The lowest BCUT2D eigenvalue weighted by atomic mass is 9.94. The number of aromatic amines is 1. The Labute approximate surface area is 119 Å². The molecule has 1 fully saturated rings. The summed E-state index contributed by atoms with van der Waals surface area (Å²) < 4.78 is 5.50. The van der Waals surface area contributed by atoms with Crippen molar-refractivity contribution in [2.75, 3.05) is 13.2 Å². The van der Waals surface area contributed by atoms with Crippen molar-refractivity contribution in [2.24, 2.45) is 5.73 Å². The van der Waals surface area contributed by atoms with Gasteiger partial charge in [0, 0.05) is 12.3 Å². The van der Waals surface area contributed by atoms with Crippen molar-refractivity contribution in [1.29, 1.82) is 0 Å². The van der Waals surface area contributed by atoms with E-state index in [1.807, 2.05) is 0 Å². The molecule has 0 radical (unpaired) electrons.